The van der Waals surface area contributed by atoms with Crippen molar-refractivity contribution in [2.24, 2.45) is 11.8 Å². The Morgan fingerprint density at radius 1 is 1.18 bits per heavy atom. The van der Waals surface area contributed by atoms with E-state index in [4.69, 9.17) is 11.6 Å². The predicted molar refractivity (Wildman–Crippen MR) is 159 cm³/mol. The molecule has 0 radical (unpaired) electrons. The molecule has 1 amide bonds. The molecule has 4 aromatic rings. The number of nitrogens with one attached hydrogen (secondary N) is 1. The minimum absolute atomic E-state index is 0.207. The van der Waals surface area contributed by atoms with Crippen LogP contribution in [-0.4, -0.2) is 83.5 Å². The molecule has 3 aliphatic rings. The van der Waals surface area contributed by atoms with Gasteiger partial charge in [0, 0.05) is 67.5 Å². The molecule has 2 aliphatic heterocycles. The number of hydrogen-bond acceptors (Lipinski definition) is 9. The van der Waals surface area contributed by atoms with Crippen molar-refractivity contribution in [1.82, 2.24) is 34.6 Å². The van der Waals surface area contributed by atoms with Gasteiger partial charge in [-0.25, -0.2) is 28.1 Å². The molecule has 15 heteroatoms. The van der Waals surface area contributed by atoms with E-state index in [1.165, 1.54) is 12.6 Å². The molecule has 3 aromatic heterocycles. The number of β-amino-alcohol motifs (C(OH)–C–C–N with tert-alkyl or cyclic N) is 1. The van der Waals surface area contributed by atoms with Gasteiger partial charge in [0.1, 0.15) is 5.69 Å². The first kappa shape index (κ1) is 29.6. The third-order valence-electron chi connectivity index (χ3n) is 8.55. The Kier molecular flexibility index (Phi) is 7.45. The van der Waals surface area contributed by atoms with Gasteiger partial charge in [-0.05, 0) is 31.2 Å². The molecule has 0 spiro atoms. The topological polar surface area (TPSA) is 125 Å². The largest absolute Gasteiger partial charge is 0.388 e. The maximum absolute atomic E-state index is 14.7. The SMILES string of the molecule is CC1(O)CN(C[C@@H]2[C@@H]3C[C@@H]3CN2c2ncc(Cn3cc(NC(=O)c4cncc(-c5c(C(F)F)ccc(Cl)c5F)n4)cn3)cn2)C1. The number of aromatic nitrogens is 6. The number of halogens is 4. The van der Waals surface area contributed by atoms with Crippen molar-refractivity contribution in [2.45, 2.75) is 38.0 Å². The Balaban J connectivity index is 0.992. The Morgan fingerprint density at radius 2 is 1.96 bits per heavy atom. The zero-order chi connectivity index (χ0) is 31.5. The minimum atomic E-state index is -2.99. The number of carbonyl (C=O) groups is 1. The van der Waals surface area contributed by atoms with E-state index in [2.05, 4.69) is 40.2 Å². The molecule has 0 unspecified atom stereocenters. The Bertz CT molecular complexity index is 1740. The minimum Gasteiger partial charge on any atom is -0.388 e. The highest BCUT2D eigenvalue weighted by Crippen LogP contribution is 2.50. The first-order valence-corrected chi connectivity index (χ1v) is 14.9. The van der Waals surface area contributed by atoms with E-state index < -0.39 is 34.9 Å². The summed E-state index contributed by atoms with van der Waals surface area (Å²) in [5.74, 6) is 0.270. The van der Waals surface area contributed by atoms with Crippen LogP contribution in [0.3, 0.4) is 0 Å². The normalized spacial score (nSPS) is 21.9. The number of carbonyl (C=O) groups excluding carboxylic acids is 1. The summed E-state index contributed by atoms with van der Waals surface area (Å²) in [4.78, 5) is 34.7. The first-order chi connectivity index (χ1) is 21.5. The number of piperidine rings is 1. The Hall–Kier alpha value is -4.14. The maximum Gasteiger partial charge on any atom is 0.275 e. The summed E-state index contributed by atoms with van der Waals surface area (Å²) in [6.45, 7) is 5.43. The zero-order valence-electron chi connectivity index (χ0n) is 24.1. The summed E-state index contributed by atoms with van der Waals surface area (Å²) in [5, 5.41) is 16.7. The molecule has 2 saturated heterocycles. The third kappa shape index (κ3) is 5.97. The lowest BCUT2D eigenvalue weighted by atomic mass is 9.96. The first-order valence-electron chi connectivity index (χ1n) is 14.5. The lowest BCUT2D eigenvalue weighted by molar-refractivity contribution is -0.0852. The van der Waals surface area contributed by atoms with Crippen molar-refractivity contribution in [3.05, 3.63) is 77.0 Å². The number of likely N-dealkylation sites (tertiary alicyclic amines) is 1. The molecule has 3 atom stereocenters. The number of anilines is 2. The van der Waals surface area contributed by atoms with E-state index in [0.29, 0.717) is 49.1 Å². The van der Waals surface area contributed by atoms with Crippen molar-refractivity contribution in [1.29, 1.82) is 0 Å². The molecule has 11 nitrogen and oxygen atoms in total. The maximum atomic E-state index is 14.7. The van der Waals surface area contributed by atoms with Crippen LogP contribution in [0.5, 0.6) is 0 Å². The summed E-state index contributed by atoms with van der Waals surface area (Å²) in [7, 11) is 0. The molecule has 0 bridgehead atoms. The highest BCUT2D eigenvalue weighted by atomic mass is 35.5. The second-order valence-electron chi connectivity index (χ2n) is 12.2. The fourth-order valence-electron chi connectivity index (χ4n) is 6.42. The van der Waals surface area contributed by atoms with Crippen LogP contribution < -0.4 is 10.2 Å². The number of hydrogen-bond donors (Lipinski definition) is 2. The van der Waals surface area contributed by atoms with Gasteiger partial charge >= 0.3 is 0 Å². The van der Waals surface area contributed by atoms with Crippen LogP contribution in [0.4, 0.5) is 24.8 Å². The predicted octanol–water partition coefficient (Wildman–Crippen LogP) is 4.05. The zero-order valence-corrected chi connectivity index (χ0v) is 24.9. The molecule has 3 fully saturated rings. The van der Waals surface area contributed by atoms with Crippen LogP contribution in [0, 0.1) is 17.7 Å². The van der Waals surface area contributed by atoms with Crippen LogP contribution in [0.25, 0.3) is 11.3 Å². The third-order valence-corrected chi connectivity index (χ3v) is 8.84. The Labute approximate surface area is 261 Å². The molecule has 234 valence electrons. The van der Waals surface area contributed by atoms with Gasteiger partial charge in [-0.15, -0.1) is 0 Å². The van der Waals surface area contributed by atoms with Crippen LogP contribution in [-0.2, 0) is 6.54 Å². The molecular weight excluding hydrogens is 611 g/mol. The van der Waals surface area contributed by atoms with Crippen LogP contribution >= 0.6 is 11.6 Å². The lowest BCUT2D eigenvalue weighted by Crippen LogP contribution is -2.62. The van der Waals surface area contributed by atoms with E-state index in [-0.39, 0.29) is 16.4 Å². The van der Waals surface area contributed by atoms with Gasteiger partial charge in [0.25, 0.3) is 12.3 Å². The molecule has 2 N–H and O–H groups in total. The van der Waals surface area contributed by atoms with E-state index in [1.807, 2.05) is 6.92 Å². The number of benzene rings is 1. The van der Waals surface area contributed by atoms with Crippen molar-refractivity contribution < 1.29 is 23.1 Å². The summed E-state index contributed by atoms with van der Waals surface area (Å²) in [6.07, 6.45) is 7.07. The van der Waals surface area contributed by atoms with Gasteiger partial charge in [-0.2, -0.15) is 5.10 Å². The van der Waals surface area contributed by atoms with Gasteiger partial charge < -0.3 is 15.3 Å². The average molecular weight is 640 g/mol. The number of alkyl halides is 2. The summed E-state index contributed by atoms with van der Waals surface area (Å²) in [5.41, 5.74) is -0.999. The number of amides is 1. The second kappa shape index (κ2) is 11.3. The number of aliphatic hydroxyl groups is 1. The fraction of sp³-hybridized carbons (Fsp3) is 0.400. The van der Waals surface area contributed by atoms with Crippen LogP contribution in [0.15, 0.2) is 49.3 Å². The molecule has 1 saturated carbocycles. The van der Waals surface area contributed by atoms with Gasteiger partial charge in [0.15, 0.2) is 5.82 Å². The molecule has 1 aliphatic carbocycles. The molecule has 45 heavy (non-hydrogen) atoms. The smallest absolute Gasteiger partial charge is 0.275 e. The molecule has 7 rings (SSSR count). The second-order valence-corrected chi connectivity index (χ2v) is 12.6. The van der Waals surface area contributed by atoms with Crippen molar-refractivity contribution >= 4 is 29.1 Å². The molecule has 5 heterocycles. The highest BCUT2D eigenvalue weighted by molar-refractivity contribution is 6.31. The quantitative estimate of drug-likeness (QED) is 0.279. The summed E-state index contributed by atoms with van der Waals surface area (Å²) in [6, 6.07) is 2.40. The number of nitrogens with zero attached hydrogens (tertiary/aromatic N) is 8. The summed E-state index contributed by atoms with van der Waals surface area (Å²) < 4.78 is 43.5. The monoisotopic (exact) mass is 639 g/mol. The van der Waals surface area contributed by atoms with Gasteiger partial charge in [-0.3, -0.25) is 19.4 Å². The highest BCUT2D eigenvalue weighted by Gasteiger charge is 2.54. The molecule has 1 aromatic carbocycles. The van der Waals surface area contributed by atoms with Crippen molar-refractivity contribution in [2.75, 3.05) is 36.4 Å². The van der Waals surface area contributed by atoms with E-state index in [0.717, 1.165) is 43.2 Å². The van der Waals surface area contributed by atoms with Gasteiger partial charge in [0.05, 0.1) is 47.1 Å². The van der Waals surface area contributed by atoms with Crippen molar-refractivity contribution in [3.8, 4) is 11.3 Å². The van der Waals surface area contributed by atoms with Crippen LogP contribution in [0.2, 0.25) is 5.02 Å². The fourth-order valence-corrected chi connectivity index (χ4v) is 6.58. The number of fused-ring (bicyclic) bond motifs is 1. The Morgan fingerprint density at radius 3 is 2.69 bits per heavy atom. The van der Waals surface area contributed by atoms with Gasteiger partial charge in [-0.1, -0.05) is 17.7 Å². The summed E-state index contributed by atoms with van der Waals surface area (Å²) >= 11 is 5.82. The van der Waals surface area contributed by atoms with E-state index >= 15 is 0 Å². The standard InChI is InChI=1S/C30H29ClF3N9O2/c1-30(45)14-41(15-30)13-24-20-4-17(20)11-43(24)29-36-5-16(6-37-29)10-42-12-18(7-38-42)39-28(44)23-9-35-8-22(40-23)25-19(27(33)34)2-3-21(31)26(25)32/h2-3,5-9,12,17,20,24,27,45H,4,10-11,13-15H2,1H3,(H,39,44)/t17-,20-,24-/m1/s1. The lowest BCUT2D eigenvalue weighted by Gasteiger charge is -2.46. The van der Waals surface area contributed by atoms with Gasteiger partial charge in [0.2, 0.25) is 5.95 Å². The number of rotatable bonds is 9. The average Bonchev–Trinajstić information content (AvgIpc) is 3.49. The molecular formula is C30H29ClF3N9O2. The van der Waals surface area contributed by atoms with E-state index in [9.17, 15) is 23.1 Å². The van der Waals surface area contributed by atoms with E-state index in [1.54, 1.807) is 23.3 Å². The van der Waals surface area contributed by atoms with Crippen molar-refractivity contribution in [3.63, 3.8) is 0 Å². The van der Waals surface area contributed by atoms with Crippen LogP contribution in [0.1, 0.15) is 41.4 Å².